The van der Waals surface area contributed by atoms with Gasteiger partial charge in [0.25, 0.3) is 11.8 Å². The Morgan fingerprint density at radius 1 is 0.870 bits per heavy atom. The van der Waals surface area contributed by atoms with Gasteiger partial charge in [0.1, 0.15) is 17.4 Å². The van der Waals surface area contributed by atoms with Crippen molar-refractivity contribution in [3.63, 3.8) is 0 Å². The van der Waals surface area contributed by atoms with E-state index in [4.69, 9.17) is 9.47 Å². The summed E-state index contributed by atoms with van der Waals surface area (Å²) in [6.45, 7) is 13.0. The molecule has 1 aromatic rings. The lowest BCUT2D eigenvalue weighted by atomic mass is 9.47. The highest BCUT2D eigenvalue weighted by atomic mass is 16.5. The smallest absolute Gasteiger partial charge is 0.333 e. The minimum Gasteiger partial charge on any atom is -0.494 e. The van der Waals surface area contributed by atoms with Crippen LogP contribution in [-0.4, -0.2) is 60.4 Å². The predicted octanol–water partition coefficient (Wildman–Crippen LogP) is 10.0. The van der Waals surface area contributed by atoms with E-state index in [1.807, 2.05) is 0 Å². The van der Waals surface area contributed by atoms with Crippen molar-refractivity contribution in [1.82, 2.24) is 9.80 Å². The summed E-state index contributed by atoms with van der Waals surface area (Å²) in [7, 11) is 2.72. The first-order valence-corrected chi connectivity index (χ1v) is 21.2. The number of fused-ring (bicyclic) bond motifs is 5. The van der Waals surface area contributed by atoms with Crippen LogP contribution in [0.3, 0.4) is 0 Å². The first-order chi connectivity index (χ1) is 25.7. The van der Waals surface area contributed by atoms with Crippen LogP contribution in [0.2, 0.25) is 0 Å². The second-order valence-corrected chi connectivity index (χ2v) is 18.4. The molecule has 0 radical (unpaired) electrons. The number of carbonyl (C=O) groups is 4. The van der Waals surface area contributed by atoms with Crippen LogP contribution in [0.5, 0.6) is 5.75 Å². The van der Waals surface area contributed by atoms with Gasteiger partial charge in [-0.3, -0.25) is 24.2 Å². The number of barbiturate groups is 1. The fraction of sp³-hybridized carbons (Fsp3) is 0.696. The van der Waals surface area contributed by atoms with E-state index < -0.39 is 17.8 Å². The van der Waals surface area contributed by atoms with E-state index in [-0.39, 0.29) is 23.1 Å². The second kappa shape index (κ2) is 16.8. The fourth-order valence-corrected chi connectivity index (χ4v) is 11.5. The molecule has 0 bridgehead atoms. The van der Waals surface area contributed by atoms with E-state index in [1.54, 1.807) is 29.8 Å². The molecule has 296 valence electrons. The summed E-state index contributed by atoms with van der Waals surface area (Å²) in [6.07, 6.45) is 21.0. The molecule has 1 heterocycles. The van der Waals surface area contributed by atoms with Gasteiger partial charge in [-0.15, -0.1) is 0 Å². The lowest BCUT2D eigenvalue weighted by Crippen LogP contribution is -2.52. The Bertz CT molecular complexity index is 1590. The van der Waals surface area contributed by atoms with Gasteiger partial charge in [0.05, 0.1) is 6.61 Å². The van der Waals surface area contributed by atoms with Crippen molar-refractivity contribution in [2.75, 3.05) is 20.7 Å². The number of rotatable bonds is 14. The first kappa shape index (κ1) is 40.2. The van der Waals surface area contributed by atoms with Gasteiger partial charge in [-0.1, -0.05) is 77.7 Å². The molecular weight excluding hydrogens is 677 g/mol. The van der Waals surface area contributed by atoms with Crippen molar-refractivity contribution >= 4 is 29.9 Å². The Kier molecular flexibility index (Phi) is 12.5. The van der Waals surface area contributed by atoms with Gasteiger partial charge in [0.15, 0.2) is 0 Å². The van der Waals surface area contributed by atoms with E-state index in [0.717, 1.165) is 83.8 Å². The Morgan fingerprint density at radius 2 is 1.59 bits per heavy atom. The Labute approximate surface area is 324 Å². The van der Waals surface area contributed by atoms with E-state index >= 15 is 0 Å². The van der Waals surface area contributed by atoms with Crippen molar-refractivity contribution in [2.45, 2.75) is 137 Å². The number of allylic oxidation sites excluding steroid dienone is 1. The third-order valence-electron chi connectivity index (χ3n) is 14.7. The molecule has 1 saturated heterocycles. The summed E-state index contributed by atoms with van der Waals surface area (Å²) < 4.78 is 12.0. The summed E-state index contributed by atoms with van der Waals surface area (Å²) >= 11 is 0. The first-order valence-electron chi connectivity index (χ1n) is 21.2. The Hall–Kier alpha value is -3.42. The molecule has 0 aromatic heterocycles. The van der Waals surface area contributed by atoms with Crippen LogP contribution in [0.15, 0.2) is 41.5 Å². The number of unbranched alkanes of at least 4 members (excludes halogenated alkanes) is 2. The number of nitrogens with zero attached hydrogens (tertiary/aromatic N) is 2. The van der Waals surface area contributed by atoms with Crippen LogP contribution < -0.4 is 4.74 Å². The highest BCUT2D eigenvalue weighted by Crippen LogP contribution is 2.67. The van der Waals surface area contributed by atoms with E-state index in [1.165, 1.54) is 71.5 Å². The number of urea groups is 1. The predicted molar refractivity (Wildman–Crippen MR) is 212 cm³/mol. The standard InChI is InChI=1S/C46H66N2O6/c1-30(2)12-11-13-31(3)38-21-22-39-36-20-17-33-29-35(23-25-45(33,4)40(36)24-26-46(38,39)5)54-41(49)14-9-8-10-27-53-34-18-15-32(16-19-34)28-37-42(50)47(6)44(52)48(7)43(37)51/h15-19,28,30-31,35-36,38-40H,8-14,20-27,29H2,1-7H3/t31-,35+,36+,38-,39+,40+,45+,46-/m1/s1. The normalized spacial score (nSPS) is 31.5. The largest absolute Gasteiger partial charge is 0.494 e. The summed E-state index contributed by atoms with van der Waals surface area (Å²) in [5.41, 5.74) is 2.94. The van der Waals surface area contributed by atoms with Gasteiger partial charge in [-0.05, 0) is 134 Å². The maximum atomic E-state index is 12.9. The highest BCUT2D eigenvalue weighted by Gasteiger charge is 2.59. The van der Waals surface area contributed by atoms with Crippen LogP contribution in [-0.2, 0) is 19.1 Å². The van der Waals surface area contributed by atoms with Gasteiger partial charge < -0.3 is 9.47 Å². The van der Waals surface area contributed by atoms with Gasteiger partial charge in [-0.25, -0.2) is 4.79 Å². The molecule has 1 aliphatic heterocycles. The monoisotopic (exact) mass is 742 g/mol. The number of benzene rings is 1. The van der Waals surface area contributed by atoms with Gasteiger partial charge in [0, 0.05) is 26.9 Å². The third kappa shape index (κ3) is 8.23. The van der Waals surface area contributed by atoms with Crippen LogP contribution in [0, 0.1) is 46.3 Å². The molecule has 8 heteroatoms. The van der Waals surface area contributed by atoms with Gasteiger partial charge in [0.2, 0.25) is 0 Å². The van der Waals surface area contributed by atoms with E-state index in [9.17, 15) is 19.2 Å². The number of hydrogen-bond donors (Lipinski definition) is 0. The summed E-state index contributed by atoms with van der Waals surface area (Å²) in [6, 6.07) is 6.50. The molecule has 4 fully saturated rings. The number of amides is 4. The topological polar surface area (TPSA) is 93.2 Å². The van der Waals surface area contributed by atoms with Crippen molar-refractivity contribution < 1.29 is 28.7 Å². The third-order valence-corrected chi connectivity index (χ3v) is 14.7. The fourth-order valence-electron chi connectivity index (χ4n) is 11.5. The van der Waals surface area contributed by atoms with Crippen molar-refractivity contribution in [1.29, 1.82) is 0 Å². The molecule has 6 rings (SSSR count). The van der Waals surface area contributed by atoms with E-state index in [0.29, 0.717) is 29.8 Å². The number of imide groups is 2. The number of likely N-dealkylation sites (N-methyl/N-ethyl adjacent to an activating group) is 2. The minimum absolute atomic E-state index is 0.00500. The summed E-state index contributed by atoms with van der Waals surface area (Å²) in [5.74, 6) is 4.36. The van der Waals surface area contributed by atoms with Crippen LogP contribution in [0.4, 0.5) is 4.79 Å². The van der Waals surface area contributed by atoms with E-state index in [2.05, 4.69) is 40.7 Å². The van der Waals surface area contributed by atoms with Crippen molar-refractivity contribution in [3.05, 3.63) is 47.1 Å². The zero-order valence-corrected chi connectivity index (χ0v) is 34.2. The molecule has 54 heavy (non-hydrogen) atoms. The molecule has 8 atom stereocenters. The Morgan fingerprint density at radius 3 is 2.30 bits per heavy atom. The lowest BCUT2D eigenvalue weighted by Gasteiger charge is -2.58. The molecule has 0 N–H and O–H groups in total. The van der Waals surface area contributed by atoms with Crippen LogP contribution >= 0.6 is 0 Å². The molecule has 0 spiro atoms. The molecular formula is C46H66N2O6. The zero-order chi connectivity index (χ0) is 38.8. The average molecular weight is 743 g/mol. The van der Waals surface area contributed by atoms with Gasteiger partial charge >= 0.3 is 12.0 Å². The maximum absolute atomic E-state index is 12.9. The molecule has 3 saturated carbocycles. The quantitative estimate of drug-likeness (QED) is 0.0620. The Balaban J connectivity index is 0.907. The maximum Gasteiger partial charge on any atom is 0.333 e. The van der Waals surface area contributed by atoms with Crippen LogP contribution in [0.1, 0.15) is 136 Å². The molecule has 5 aliphatic rings. The molecule has 1 aromatic carbocycles. The second-order valence-electron chi connectivity index (χ2n) is 18.4. The molecule has 4 amide bonds. The highest BCUT2D eigenvalue weighted by molar-refractivity contribution is 6.30. The van der Waals surface area contributed by atoms with Crippen LogP contribution in [0.25, 0.3) is 6.08 Å². The minimum atomic E-state index is -0.643. The molecule has 8 nitrogen and oxygen atoms in total. The number of carbonyl (C=O) groups excluding carboxylic acids is 4. The number of hydrogen-bond acceptors (Lipinski definition) is 6. The molecule has 0 unspecified atom stereocenters. The number of ether oxygens (including phenoxy) is 2. The zero-order valence-electron chi connectivity index (χ0n) is 34.2. The SMILES string of the molecule is CC(C)CCC[C@@H](C)[C@H]1CC[C@H]2[C@@H]3CC=C4C[C@@H](OC(=O)CCCCCOc5ccc(C=C6C(=O)N(C)C(=O)N(C)C6=O)cc5)CC[C@]4(C)[C@H]3CC[C@]12C. The average Bonchev–Trinajstić information content (AvgIpc) is 3.51. The van der Waals surface area contributed by atoms with Crippen molar-refractivity contribution in [2.24, 2.45) is 46.3 Å². The summed E-state index contributed by atoms with van der Waals surface area (Å²) in [4.78, 5) is 51.7. The number of esters is 1. The summed E-state index contributed by atoms with van der Waals surface area (Å²) in [5, 5.41) is 0. The van der Waals surface area contributed by atoms with Crippen molar-refractivity contribution in [3.8, 4) is 5.75 Å². The van der Waals surface area contributed by atoms with Gasteiger partial charge in [-0.2, -0.15) is 0 Å². The lowest BCUT2D eigenvalue weighted by molar-refractivity contribution is -0.151. The molecule has 4 aliphatic carbocycles.